The van der Waals surface area contributed by atoms with Gasteiger partial charge in [0.1, 0.15) is 0 Å². The Kier molecular flexibility index (Phi) is 6.93. The van der Waals surface area contributed by atoms with Crippen molar-refractivity contribution >= 4 is 17.1 Å². The number of hydrogen-bond acceptors (Lipinski definition) is 1. The van der Waals surface area contributed by atoms with Crippen LogP contribution in [0.1, 0.15) is 68.2 Å². The molecule has 56 heavy (non-hydrogen) atoms. The summed E-state index contributed by atoms with van der Waals surface area (Å²) in [6.07, 6.45) is 6.99. The first-order valence-corrected chi connectivity index (χ1v) is 21.0. The number of hydrogen-bond donors (Lipinski definition) is 0. The van der Waals surface area contributed by atoms with Gasteiger partial charge >= 0.3 is 0 Å². The smallest absolute Gasteiger partial charge is 0.0540 e. The molecule has 0 N–H and O–H groups in total. The van der Waals surface area contributed by atoms with Crippen molar-refractivity contribution in [1.82, 2.24) is 0 Å². The first kappa shape index (κ1) is 32.6. The lowest BCUT2D eigenvalue weighted by atomic mass is 9.43. The number of fused-ring (bicyclic) bond motifs is 6. The monoisotopic (exact) mass is 721 g/mol. The van der Waals surface area contributed by atoms with Gasteiger partial charge in [0.05, 0.1) is 5.69 Å². The first-order chi connectivity index (χ1) is 27.5. The fraction of sp³-hybridized carbons (Fsp3) is 0.236. The molecule has 1 spiro atoms. The number of nitrogens with zero attached hydrogens (tertiary/aromatic N) is 1. The van der Waals surface area contributed by atoms with Crippen LogP contribution in [-0.4, -0.2) is 0 Å². The van der Waals surface area contributed by atoms with Crippen LogP contribution in [0, 0.1) is 23.7 Å². The summed E-state index contributed by atoms with van der Waals surface area (Å²) in [6.45, 7) is 4.79. The van der Waals surface area contributed by atoms with Crippen molar-refractivity contribution in [2.24, 2.45) is 23.7 Å². The minimum atomic E-state index is -0.0915. The molecule has 4 fully saturated rings. The Balaban J connectivity index is 1.08. The molecule has 4 saturated carbocycles. The van der Waals surface area contributed by atoms with E-state index in [0.717, 1.165) is 11.8 Å². The summed E-state index contributed by atoms with van der Waals surface area (Å²) < 4.78 is 0. The van der Waals surface area contributed by atoms with Crippen LogP contribution in [-0.2, 0) is 10.8 Å². The highest BCUT2D eigenvalue weighted by Gasteiger charge is 2.61. The third-order valence-electron chi connectivity index (χ3n) is 15.1. The fourth-order valence-electron chi connectivity index (χ4n) is 12.9. The predicted molar refractivity (Wildman–Crippen MR) is 233 cm³/mol. The molecule has 272 valence electrons. The maximum absolute atomic E-state index is 2.62. The van der Waals surface area contributed by atoms with Gasteiger partial charge in [-0.25, -0.2) is 0 Å². The van der Waals surface area contributed by atoms with E-state index in [4.69, 9.17) is 0 Å². The van der Waals surface area contributed by atoms with Crippen LogP contribution in [0.2, 0.25) is 0 Å². The summed E-state index contributed by atoms with van der Waals surface area (Å²) in [4.78, 5) is 2.56. The molecule has 4 bridgehead atoms. The van der Waals surface area contributed by atoms with Crippen LogP contribution >= 0.6 is 0 Å². The molecule has 0 aliphatic heterocycles. The molecule has 6 aliphatic carbocycles. The minimum Gasteiger partial charge on any atom is -0.310 e. The van der Waals surface area contributed by atoms with Crippen molar-refractivity contribution in [3.8, 4) is 44.5 Å². The van der Waals surface area contributed by atoms with E-state index in [1.165, 1.54) is 105 Å². The summed E-state index contributed by atoms with van der Waals surface area (Å²) in [7, 11) is 0. The molecule has 1 nitrogen and oxygen atoms in total. The quantitative estimate of drug-likeness (QED) is 0.171. The molecule has 7 aromatic carbocycles. The van der Waals surface area contributed by atoms with Gasteiger partial charge in [-0.2, -0.15) is 0 Å². The summed E-state index contributed by atoms with van der Waals surface area (Å²) >= 11 is 0. The zero-order valence-electron chi connectivity index (χ0n) is 32.4. The molecule has 0 heterocycles. The Morgan fingerprint density at radius 2 is 0.964 bits per heavy atom. The van der Waals surface area contributed by atoms with Crippen molar-refractivity contribution in [2.45, 2.75) is 56.8 Å². The van der Waals surface area contributed by atoms with Gasteiger partial charge in [0.2, 0.25) is 0 Å². The Hall–Kier alpha value is -5.66. The zero-order valence-corrected chi connectivity index (χ0v) is 32.4. The summed E-state index contributed by atoms with van der Waals surface area (Å²) in [5.74, 6) is 3.25. The Morgan fingerprint density at radius 1 is 0.393 bits per heavy atom. The number of para-hydroxylation sites is 1. The second-order valence-corrected chi connectivity index (χ2v) is 18.1. The van der Waals surface area contributed by atoms with Gasteiger partial charge in [0.25, 0.3) is 0 Å². The molecule has 0 atom stereocenters. The van der Waals surface area contributed by atoms with Crippen LogP contribution in [0.3, 0.4) is 0 Å². The lowest BCUT2D eigenvalue weighted by Crippen LogP contribution is -2.55. The van der Waals surface area contributed by atoms with Crippen LogP contribution < -0.4 is 4.90 Å². The van der Waals surface area contributed by atoms with Gasteiger partial charge in [-0.05, 0) is 153 Å². The lowest BCUT2D eigenvalue weighted by molar-refractivity contribution is -0.0399. The molecular formula is C55H47N. The fourth-order valence-corrected chi connectivity index (χ4v) is 12.9. The van der Waals surface area contributed by atoms with Gasteiger partial charge in [0.15, 0.2) is 0 Å². The minimum absolute atomic E-state index is 0.0915. The van der Waals surface area contributed by atoms with Crippen molar-refractivity contribution < 1.29 is 0 Å². The van der Waals surface area contributed by atoms with Crippen molar-refractivity contribution in [3.05, 3.63) is 186 Å². The molecule has 0 radical (unpaired) electrons. The molecular weight excluding hydrogens is 675 g/mol. The van der Waals surface area contributed by atoms with E-state index in [0.29, 0.717) is 11.8 Å². The van der Waals surface area contributed by atoms with E-state index >= 15 is 0 Å². The highest BCUT2D eigenvalue weighted by Crippen LogP contribution is 2.70. The summed E-state index contributed by atoms with van der Waals surface area (Å²) in [5.41, 5.74) is 20.4. The van der Waals surface area contributed by atoms with Gasteiger partial charge in [-0.1, -0.05) is 141 Å². The van der Waals surface area contributed by atoms with Crippen molar-refractivity contribution in [3.63, 3.8) is 0 Å². The average Bonchev–Trinajstić information content (AvgIpc) is 3.65. The first-order valence-electron chi connectivity index (χ1n) is 21.0. The Bertz CT molecular complexity index is 2660. The van der Waals surface area contributed by atoms with E-state index < -0.39 is 0 Å². The maximum Gasteiger partial charge on any atom is 0.0540 e. The number of anilines is 3. The highest BCUT2D eigenvalue weighted by atomic mass is 15.1. The predicted octanol–water partition coefficient (Wildman–Crippen LogP) is 14.5. The molecule has 0 amide bonds. The van der Waals surface area contributed by atoms with Crippen LogP contribution in [0.25, 0.3) is 44.5 Å². The van der Waals surface area contributed by atoms with Crippen LogP contribution in [0.15, 0.2) is 164 Å². The summed E-state index contributed by atoms with van der Waals surface area (Å²) in [5, 5.41) is 0. The normalized spacial score (nSPS) is 24.1. The molecule has 0 saturated heterocycles. The van der Waals surface area contributed by atoms with Crippen LogP contribution in [0.5, 0.6) is 0 Å². The topological polar surface area (TPSA) is 3.24 Å². The van der Waals surface area contributed by atoms with Crippen molar-refractivity contribution in [2.75, 3.05) is 4.90 Å². The standard InChI is InChI=1S/C55H47N/c1-54(2)49-19-11-9-18-45(49)46-25-22-43(34-51(46)54)56(53-20-12-10-17-44(53)38-15-7-4-8-16-38)42-23-26-50-48(33-42)47-24-21-39(37-13-5-3-6-14-37)32-52(47)55(50)40-28-35-27-36(30-40)31-41(55)29-35/h3-26,32-36,40-41H,27-31H2,1-2H3. The third kappa shape index (κ3) is 4.49. The zero-order chi connectivity index (χ0) is 37.2. The van der Waals surface area contributed by atoms with Crippen molar-refractivity contribution in [1.29, 1.82) is 0 Å². The number of benzene rings is 7. The van der Waals surface area contributed by atoms with E-state index in [1.54, 1.807) is 11.1 Å². The van der Waals surface area contributed by atoms with E-state index in [1.807, 2.05) is 0 Å². The third-order valence-corrected chi connectivity index (χ3v) is 15.1. The lowest BCUT2D eigenvalue weighted by Gasteiger charge is -2.61. The second-order valence-electron chi connectivity index (χ2n) is 18.1. The molecule has 1 heteroatoms. The van der Waals surface area contributed by atoms with E-state index in [9.17, 15) is 0 Å². The maximum atomic E-state index is 2.62. The van der Waals surface area contributed by atoms with Crippen LogP contribution in [0.4, 0.5) is 17.1 Å². The van der Waals surface area contributed by atoms with Gasteiger partial charge in [0, 0.05) is 27.8 Å². The van der Waals surface area contributed by atoms with Gasteiger partial charge < -0.3 is 4.90 Å². The molecule has 7 aromatic rings. The molecule has 0 aromatic heterocycles. The molecule has 0 unspecified atom stereocenters. The van der Waals surface area contributed by atoms with Gasteiger partial charge in [-0.15, -0.1) is 0 Å². The largest absolute Gasteiger partial charge is 0.310 e. The Morgan fingerprint density at radius 3 is 1.71 bits per heavy atom. The highest BCUT2D eigenvalue weighted by molar-refractivity contribution is 5.93. The molecule has 13 rings (SSSR count). The van der Waals surface area contributed by atoms with E-state index in [-0.39, 0.29) is 10.8 Å². The molecule has 6 aliphatic rings. The SMILES string of the molecule is CC1(C)c2ccccc2-c2ccc(N(c3ccc4c(c3)-c3ccc(-c5ccccc5)cc3C43C4CC5CC(C4)CC3C5)c3ccccc3-c3ccccc3)cc21. The second kappa shape index (κ2) is 11.9. The number of rotatable bonds is 5. The average molecular weight is 722 g/mol. The summed E-state index contributed by atoms with van der Waals surface area (Å²) in [6, 6.07) is 62.4. The van der Waals surface area contributed by atoms with Gasteiger partial charge in [-0.3, -0.25) is 0 Å². The Labute approximate surface area is 331 Å². The van der Waals surface area contributed by atoms with E-state index in [2.05, 4.69) is 183 Å².